The van der Waals surface area contributed by atoms with Crippen LogP contribution in [0, 0.1) is 17.8 Å². The van der Waals surface area contributed by atoms with Crippen LogP contribution in [0.1, 0.15) is 60.8 Å². The van der Waals surface area contributed by atoms with E-state index in [-0.39, 0.29) is 23.7 Å². The van der Waals surface area contributed by atoms with Crippen molar-refractivity contribution in [2.24, 2.45) is 23.5 Å². The summed E-state index contributed by atoms with van der Waals surface area (Å²) in [7, 11) is 0. The van der Waals surface area contributed by atoms with Gasteiger partial charge in [0, 0.05) is 0 Å². The van der Waals surface area contributed by atoms with Gasteiger partial charge in [0.15, 0.2) is 0 Å². The summed E-state index contributed by atoms with van der Waals surface area (Å²) in [5.74, 6) is -1.73. The summed E-state index contributed by atoms with van der Waals surface area (Å²) in [6, 6.07) is -2.46. The van der Waals surface area contributed by atoms with Crippen molar-refractivity contribution in [1.82, 2.24) is 10.6 Å². The van der Waals surface area contributed by atoms with E-state index in [2.05, 4.69) is 10.6 Å². The summed E-state index contributed by atoms with van der Waals surface area (Å²) in [4.78, 5) is 36.2. The second-order valence-corrected chi connectivity index (χ2v) is 7.64. The van der Waals surface area contributed by atoms with Crippen LogP contribution < -0.4 is 16.4 Å². The van der Waals surface area contributed by atoms with Gasteiger partial charge in [-0.05, 0) is 30.6 Å². The zero-order valence-corrected chi connectivity index (χ0v) is 16.3. The highest BCUT2D eigenvalue weighted by molar-refractivity contribution is 5.91. The van der Waals surface area contributed by atoms with E-state index in [1.165, 1.54) is 0 Å². The van der Waals surface area contributed by atoms with Gasteiger partial charge in [-0.15, -0.1) is 0 Å². The van der Waals surface area contributed by atoms with Crippen molar-refractivity contribution >= 4 is 17.8 Å². The minimum Gasteiger partial charge on any atom is -0.480 e. The van der Waals surface area contributed by atoms with E-state index >= 15 is 0 Å². The Kier molecular flexibility index (Phi) is 10.4. The van der Waals surface area contributed by atoms with Crippen LogP contribution in [-0.2, 0) is 14.4 Å². The quantitative estimate of drug-likeness (QED) is 0.446. The van der Waals surface area contributed by atoms with Crippen molar-refractivity contribution in [3.8, 4) is 0 Å². The first-order chi connectivity index (χ1) is 11.5. The number of rotatable bonds is 11. The molecule has 25 heavy (non-hydrogen) atoms. The highest BCUT2D eigenvalue weighted by atomic mass is 16.4. The van der Waals surface area contributed by atoms with E-state index in [0.29, 0.717) is 19.3 Å². The highest BCUT2D eigenvalue weighted by Gasteiger charge is 2.30. The van der Waals surface area contributed by atoms with Gasteiger partial charge in [0.2, 0.25) is 11.8 Å². The fraction of sp³-hybridized carbons (Fsp3) is 0.833. The molecule has 146 valence electrons. The molecule has 0 aromatic heterocycles. The molecule has 0 aliphatic carbocycles. The molecule has 0 radical (unpaired) electrons. The molecule has 0 fully saturated rings. The number of nitrogens with one attached hydrogen (secondary N) is 2. The van der Waals surface area contributed by atoms with E-state index in [4.69, 9.17) is 5.73 Å². The number of carboxylic acids is 1. The average molecular weight is 357 g/mol. The number of amides is 2. The van der Waals surface area contributed by atoms with Crippen LogP contribution in [0.2, 0.25) is 0 Å². The number of nitrogens with two attached hydrogens (primary N) is 1. The Morgan fingerprint density at radius 3 is 1.84 bits per heavy atom. The van der Waals surface area contributed by atoms with E-state index in [9.17, 15) is 19.5 Å². The molecule has 0 rings (SSSR count). The molecule has 0 aromatic rings. The monoisotopic (exact) mass is 357 g/mol. The van der Waals surface area contributed by atoms with Crippen LogP contribution in [0.25, 0.3) is 0 Å². The maximum Gasteiger partial charge on any atom is 0.326 e. The van der Waals surface area contributed by atoms with E-state index in [1.54, 1.807) is 6.92 Å². The largest absolute Gasteiger partial charge is 0.480 e. The topological polar surface area (TPSA) is 122 Å². The summed E-state index contributed by atoms with van der Waals surface area (Å²) in [6.45, 7) is 11.4. The number of carbonyl (C=O) groups excluding carboxylic acids is 2. The first-order valence-electron chi connectivity index (χ1n) is 9.08. The Labute approximate surface area is 151 Å². The molecule has 0 aliphatic heterocycles. The van der Waals surface area contributed by atoms with Crippen molar-refractivity contribution < 1.29 is 19.5 Å². The summed E-state index contributed by atoms with van der Waals surface area (Å²) in [6.07, 6.45) is 1.56. The molecule has 0 saturated heterocycles. The molecule has 5 N–H and O–H groups in total. The fourth-order valence-corrected chi connectivity index (χ4v) is 2.53. The molecular formula is C18H35N3O4. The molecule has 0 heterocycles. The Morgan fingerprint density at radius 2 is 1.44 bits per heavy atom. The van der Waals surface area contributed by atoms with Crippen LogP contribution in [0.15, 0.2) is 0 Å². The maximum absolute atomic E-state index is 12.6. The maximum atomic E-state index is 12.6. The van der Waals surface area contributed by atoms with Crippen molar-refractivity contribution in [2.45, 2.75) is 78.9 Å². The lowest BCUT2D eigenvalue weighted by molar-refractivity contribution is -0.143. The van der Waals surface area contributed by atoms with Gasteiger partial charge in [0.05, 0.1) is 6.04 Å². The van der Waals surface area contributed by atoms with Gasteiger partial charge in [-0.2, -0.15) is 0 Å². The van der Waals surface area contributed by atoms with Crippen LogP contribution in [0.5, 0.6) is 0 Å². The number of hydrogen-bond donors (Lipinski definition) is 4. The van der Waals surface area contributed by atoms with Gasteiger partial charge in [-0.1, -0.05) is 48.0 Å². The summed E-state index contributed by atoms with van der Waals surface area (Å²) < 4.78 is 0. The molecule has 7 heteroatoms. The minimum absolute atomic E-state index is 0.157. The number of aliphatic carboxylic acids is 1. The number of carboxylic acid groups (broad SMARTS) is 1. The normalized spacial score (nSPS) is 16.2. The first-order valence-corrected chi connectivity index (χ1v) is 9.08. The predicted molar refractivity (Wildman–Crippen MR) is 97.8 cm³/mol. The van der Waals surface area contributed by atoms with Crippen LogP contribution >= 0.6 is 0 Å². The fourth-order valence-electron chi connectivity index (χ4n) is 2.53. The summed E-state index contributed by atoms with van der Waals surface area (Å²) in [5.41, 5.74) is 5.88. The van der Waals surface area contributed by atoms with Crippen LogP contribution in [-0.4, -0.2) is 41.0 Å². The Balaban J connectivity index is 5.08. The van der Waals surface area contributed by atoms with Gasteiger partial charge in [-0.3, -0.25) is 9.59 Å². The lowest BCUT2D eigenvalue weighted by Gasteiger charge is -2.26. The van der Waals surface area contributed by atoms with Crippen molar-refractivity contribution in [1.29, 1.82) is 0 Å². The second kappa shape index (κ2) is 11.1. The van der Waals surface area contributed by atoms with E-state index in [1.807, 2.05) is 34.6 Å². The Hall–Kier alpha value is -1.63. The smallest absolute Gasteiger partial charge is 0.326 e. The zero-order chi connectivity index (χ0) is 19.7. The van der Waals surface area contributed by atoms with Gasteiger partial charge >= 0.3 is 5.97 Å². The third-order valence-corrected chi connectivity index (χ3v) is 4.18. The molecule has 4 atom stereocenters. The van der Waals surface area contributed by atoms with Crippen molar-refractivity contribution in [3.05, 3.63) is 0 Å². The van der Waals surface area contributed by atoms with Gasteiger partial charge in [0.1, 0.15) is 12.1 Å². The molecule has 0 saturated carbocycles. The summed E-state index contributed by atoms with van der Waals surface area (Å²) in [5, 5.41) is 14.6. The number of hydrogen-bond acceptors (Lipinski definition) is 4. The predicted octanol–water partition coefficient (Wildman–Crippen LogP) is 1.51. The average Bonchev–Trinajstić information content (AvgIpc) is 2.49. The second-order valence-electron chi connectivity index (χ2n) is 7.64. The van der Waals surface area contributed by atoms with Gasteiger partial charge in [-0.25, -0.2) is 4.79 Å². The van der Waals surface area contributed by atoms with Crippen LogP contribution in [0.4, 0.5) is 0 Å². The lowest BCUT2D eigenvalue weighted by Crippen LogP contribution is -2.56. The third kappa shape index (κ3) is 8.86. The molecule has 0 bridgehead atoms. The lowest BCUT2D eigenvalue weighted by atomic mass is 9.97. The molecule has 7 nitrogen and oxygen atoms in total. The zero-order valence-electron chi connectivity index (χ0n) is 16.3. The van der Waals surface area contributed by atoms with Crippen LogP contribution in [0.3, 0.4) is 0 Å². The summed E-state index contributed by atoms with van der Waals surface area (Å²) >= 11 is 0. The highest BCUT2D eigenvalue weighted by Crippen LogP contribution is 2.11. The van der Waals surface area contributed by atoms with E-state index in [0.717, 1.165) is 0 Å². The molecule has 0 aliphatic rings. The Morgan fingerprint density at radius 1 is 0.920 bits per heavy atom. The van der Waals surface area contributed by atoms with E-state index < -0.39 is 30.0 Å². The van der Waals surface area contributed by atoms with Crippen molar-refractivity contribution in [3.63, 3.8) is 0 Å². The standard InChI is InChI=1S/C18H35N3O4/c1-7-12(6)15(18(24)25)21-17(23)14(9-11(4)5)20-16(22)13(19)8-10(2)3/h10-15H,7-9,19H2,1-6H3,(H,20,22)(H,21,23)(H,24,25)/t12?,13-,14-,15-/m0/s1. The number of carbonyl (C=O) groups is 3. The van der Waals surface area contributed by atoms with Crippen molar-refractivity contribution in [2.75, 3.05) is 0 Å². The minimum atomic E-state index is -1.08. The molecule has 0 aromatic carbocycles. The molecule has 0 spiro atoms. The molecule has 1 unspecified atom stereocenters. The third-order valence-electron chi connectivity index (χ3n) is 4.18. The van der Waals surface area contributed by atoms with Gasteiger partial charge < -0.3 is 21.5 Å². The molecule has 2 amide bonds. The van der Waals surface area contributed by atoms with Gasteiger partial charge in [0.25, 0.3) is 0 Å². The Bertz CT molecular complexity index is 452. The first kappa shape index (κ1) is 23.4. The SMILES string of the molecule is CCC(C)[C@H](NC(=O)[C@H](CC(C)C)NC(=O)[C@@H](N)CC(C)C)C(=O)O. The molecular weight excluding hydrogens is 322 g/mol.